The van der Waals surface area contributed by atoms with E-state index in [-0.39, 0.29) is 30.6 Å². The highest BCUT2D eigenvalue weighted by atomic mass is 16.6. The first kappa shape index (κ1) is 27.5. The summed E-state index contributed by atoms with van der Waals surface area (Å²) in [5.41, 5.74) is 6.02. The van der Waals surface area contributed by atoms with Crippen LogP contribution in [0.4, 0.5) is 0 Å². The van der Waals surface area contributed by atoms with Crippen molar-refractivity contribution < 1.29 is 24.9 Å². The van der Waals surface area contributed by atoms with Gasteiger partial charge in [-0.3, -0.25) is 4.79 Å². The van der Waals surface area contributed by atoms with Gasteiger partial charge in [0.25, 0.3) is 0 Å². The third kappa shape index (κ3) is 3.51. The van der Waals surface area contributed by atoms with Gasteiger partial charge < -0.3 is 20.1 Å². The molecule has 0 heterocycles. The summed E-state index contributed by atoms with van der Waals surface area (Å²) in [4.78, 5) is 14.8. The van der Waals surface area contributed by atoms with Crippen molar-refractivity contribution in [3.63, 3.8) is 0 Å². The molecule has 8 rings (SSSR count). The fraction of sp³-hybridized carbons (Fsp3) is 0.447. The topological polar surface area (TPSA) is 87.0 Å². The molecule has 5 heteroatoms. The Morgan fingerprint density at radius 2 is 1.81 bits per heavy atom. The van der Waals surface area contributed by atoms with Crippen LogP contribution in [-0.4, -0.2) is 46.7 Å². The van der Waals surface area contributed by atoms with Crippen LogP contribution in [0.5, 0.6) is 0 Å². The molecule has 5 aliphatic carbocycles. The van der Waals surface area contributed by atoms with Crippen LogP contribution in [-0.2, 0) is 35.2 Å². The number of benzene rings is 3. The molecule has 222 valence electrons. The zero-order valence-corrected chi connectivity index (χ0v) is 24.8. The summed E-state index contributed by atoms with van der Waals surface area (Å²) in [6.45, 7) is 4.51. The first-order valence-corrected chi connectivity index (χ1v) is 15.9. The predicted molar refractivity (Wildman–Crippen MR) is 166 cm³/mol. The van der Waals surface area contributed by atoms with E-state index in [1.165, 1.54) is 29.2 Å². The van der Waals surface area contributed by atoms with E-state index in [0.717, 1.165) is 46.9 Å². The lowest BCUT2D eigenvalue weighted by atomic mass is 9.53. The molecule has 3 aromatic carbocycles. The van der Waals surface area contributed by atoms with Gasteiger partial charge in [0.2, 0.25) is 0 Å². The van der Waals surface area contributed by atoms with E-state index in [9.17, 15) is 20.1 Å². The highest BCUT2D eigenvalue weighted by molar-refractivity contribution is 5.91. The quantitative estimate of drug-likeness (QED) is 0.279. The molecule has 3 N–H and O–H groups in total. The van der Waals surface area contributed by atoms with E-state index in [1.54, 1.807) is 0 Å². The zero-order valence-electron chi connectivity index (χ0n) is 24.8. The Balaban J connectivity index is 1.39. The molecule has 3 aromatic rings. The van der Waals surface area contributed by atoms with Gasteiger partial charge in [-0.2, -0.15) is 0 Å². The van der Waals surface area contributed by atoms with Crippen molar-refractivity contribution in [2.75, 3.05) is 13.7 Å². The molecule has 2 saturated carbocycles. The molecule has 2 spiro atoms. The van der Waals surface area contributed by atoms with Gasteiger partial charge in [-0.05, 0) is 101 Å². The molecule has 0 radical (unpaired) electrons. The van der Waals surface area contributed by atoms with Crippen LogP contribution in [0.25, 0.3) is 16.8 Å². The highest BCUT2D eigenvalue weighted by Crippen LogP contribution is 2.76. The number of ketones is 1. The number of aryl methyl sites for hydroxylation is 2. The number of aliphatic hydroxyl groups excluding tert-OH is 2. The van der Waals surface area contributed by atoms with E-state index in [1.807, 2.05) is 12.1 Å². The number of Topliss-reactive ketones (excluding diaryl/α,β-unsaturated/α-hetero) is 1. The van der Waals surface area contributed by atoms with Crippen molar-refractivity contribution in [2.24, 2.45) is 22.7 Å². The van der Waals surface area contributed by atoms with Crippen molar-refractivity contribution in [1.82, 2.24) is 0 Å². The Morgan fingerprint density at radius 3 is 2.63 bits per heavy atom. The maximum absolute atomic E-state index is 14.8. The maximum atomic E-state index is 14.8. The van der Waals surface area contributed by atoms with Crippen molar-refractivity contribution in [1.29, 1.82) is 0 Å². The number of hydrogen-bond donors (Lipinski definition) is 3. The van der Waals surface area contributed by atoms with Gasteiger partial charge in [0.05, 0.1) is 11.5 Å². The fourth-order valence-electron chi connectivity index (χ4n) is 10.3. The molecular formula is C38H40O5. The van der Waals surface area contributed by atoms with E-state index >= 15 is 0 Å². The van der Waals surface area contributed by atoms with E-state index in [2.05, 4.69) is 55.1 Å². The van der Waals surface area contributed by atoms with Crippen LogP contribution in [0.2, 0.25) is 0 Å². The highest BCUT2D eigenvalue weighted by Gasteiger charge is 2.81. The van der Waals surface area contributed by atoms with E-state index in [0.29, 0.717) is 25.7 Å². The average Bonchev–Trinajstić information content (AvgIpc) is 3.24. The van der Waals surface area contributed by atoms with Crippen LogP contribution in [0, 0.1) is 22.7 Å². The monoisotopic (exact) mass is 576 g/mol. The molecule has 0 aromatic heterocycles. The van der Waals surface area contributed by atoms with Crippen LogP contribution in [0.15, 0.2) is 66.8 Å². The molecule has 0 aliphatic heterocycles. The first-order valence-electron chi connectivity index (χ1n) is 15.9. The number of ether oxygens (including phenoxy) is 1. The molecule has 0 saturated heterocycles. The van der Waals surface area contributed by atoms with Crippen molar-refractivity contribution >= 4 is 22.6 Å². The first-order chi connectivity index (χ1) is 20.7. The summed E-state index contributed by atoms with van der Waals surface area (Å²) >= 11 is 0. The number of carbonyl (C=O) groups is 1. The Morgan fingerprint density at radius 1 is 1.02 bits per heavy atom. The standard InChI is InChI=1S/C38H40O5/c1-22-35-30(21-39)20-37(38(35,42)43-2)34(41)11-8-23-5-3-6-24(13-23)14-32-31-18-28-17-29-19-36(22,37)12-4-7-25(29)15-27(28)16-26(31)9-10-33(32)40/h3,5-6,9-10,13,15-18,30,32-33,35,39-40,42H,1,4,7-8,11-12,14,19-21H2,2H3. The summed E-state index contributed by atoms with van der Waals surface area (Å²) in [7, 11) is 1.51. The lowest BCUT2D eigenvalue weighted by Crippen LogP contribution is -2.57. The van der Waals surface area contributed by atoms with Gasteiger partial charge >= 0.3 is 0 Å². The minimum Gasteiger partial charge on any atom is -0.396 e. The number of methoxy groups -OCH3 is 1. The van der Waals surface area contributed by atoms with Crippen molar-refractivity contribution in [3.05, 3.63) is 100 Å². The Labute approximate surface area is 252 Å². The summed E-state index contributed by atoms with van der Waals surface area (Å²) in [6, 6.07) is 17.5. The molecule has 5 aliphatic rings. The largest absolute Gasteiger partial charge is 0.396 e. The number of fused-ring (bicyclic) bond motifs is 3. The van der Waals surface area contributed by atoms with Gasteiger partial charge in [0.1, 0.15) is 5.78 Å². The van der Waals surface area contributed by atoms with Crippen LogP contribution in [0.1, 0.15) is 65.0 Å². The van der Waals surface area contributed by atoms with Crippen LogP contribution < -0.4 is 0 Å². The Kier molecular flexibility index (Phi) is 6.04. The summed E-state index contributed by atoms with van der Waals surface area (Å²) in [6.07, 6.45) is 8.47. The predicted octanol–water partition coefficient (Wildman–Crippen LogP) is 5.45. The molecule has 7 atom stereocenters. The fourth-order valence-corrected chi connectivity index (χ4v) is 10.3. The number of carbonyl (C=O) groups excluding carboxylic acids is 1. The molecular weight excluding hydrogens is 536 g/mol. The minimum absolute atomic E-state index is 0.0120. The molecule has 8 bridgehead atoms. The lowest BCUT2D eigenvalue weighted by molar-refractivity contribution is -0.256. The second kappa shape index (κ2) is 9.45. The average molecular weight is 577 g/mol. The Hall–Kier alpha value is -3.09. The summed E-state index contributed by atoms with van der Waals surface area (Å²) in [5, 5.41) is 36.4. The number of hydrogen-bond acceptors (Lipinski definition) is 5. The zero-order chi connectivity index (χ0) is 29.7. The molecule has 7 unspecified atom stereocenters. The van der Waals surface area contributed by atoms with E-state index in [4.69, 9.17) is 4.74 Å². The molecule has 43 heavy (non-hydrogen) atoms. The van der Waals surface area contributed by atoms with Gasteiger partial charge in [0.15, 0.2) is 5.79 Å². The molecule has 2 fully saturated rings. The SMILES string of the molecule is C=C1C2C(CO)CC3(C(=O)CCc4cccc(c4)CC4c5cc6cc7c(cc6cc5C=CC4O)CCCC13C7)C2(O)OC. The minimum atomic E-state index is -1.71. The van der Waals surface area contributed by atoms with E-state index < -0.39 is 28.6 Å². The van der Waals surface area contributed by atoms with Crippen molar-refractivity contribution in [3.8, 4) is 0 Å². The summed E-state index contributed by atoms with van der Waals surface area (Å²) in [5.74, 6) is -2.53. The summed E-state index contributed by atoms with van der Waals surface area (Å²) < 4.78 is 6.02. The van der Waals surface area contributed by atoms with Gasteiger partial charge in [-0.15, -0.1) is 0 Å². The smallest absolute Gasteiger partial charge is 0.185 e. The number of aliphatic hydroxyl groups is 3. The second-order valence-corrected chi connectivity index (χ2v) is 13.9. The number of rotatable bonds is 2. The van der Waals surface area contributed by atoms with Gasteiger partial charge in [-0.1, -0.05) is 66.8 Å². The Bertz CT molecular complexity index is 1720. The lowest BCUT2D eigenvalue weighted by Gasteiger charge is -2.50. The van der Waals surface area contributed by atoms with Crippen LogP contribution in [0.3, 0.4) is 0 Å². The maximum Gasteiger partial charge on any atom is 0.185 e. The third-order valence-corrected chi connectivity index (χ3v) is 12.2. The normalized spacial score (nSPS) is 36.1. The third-order valence-electron chi connectivity index (χ3n) is 12.2. The molecule has 0 amide bonds. The second-order valence-electron chi connectivity index (χ2n) is 13.9. The van der Waals surface area contributed by atoms with Gasteiger partial charge in [0, 0.05) is 37.4 Å². The van der Waals surface area contributed by atoms with Crippen LogP contribution >= 0.6 is 0 Å². The van der Waals surface area contributed by atoms with Gasteiger partial charge in [-0.25, -0.2) is 0 Å². The molecule has 5 nitrogen and oxygen atoms in total. The van der Waals surface area contributed by atoms with Crippen molar-refractivity contribution in [2.45, 2.75) is 69.2 Å².